The molecule has 5 N–H and O–H groups in total. The summed E-state index contributed by atoms with van der Waals surface area (Å²) in [6.07, 6.45) is 3.86. The molecule has 0 aliphatic rings. The lowest BCUT2D eigenvalue weighted by Crippen LogP contribution is -1.97. The third-order valence-corrected chi connectivity index (χ3v) is 4.04. The van der Waals surface area contributed by atoms with E-state index in [1.807, 2.05) is 24.3 Å². The Bertz CT molecular complexity index is 801. The van der Waals surface area contributed by atoms with E-state index < -0.39 is 0 Å². The molecule has 2 aromatic carbocycles. The van der Waals surface area contributed by atoms with Crippen molar-refractivity contribution in [2.24, 2.45) is 0 Å². The summed E-state index contributed by atoms with van der Waals surface area (Å²) in [4.78, 5) is 5.60. The predicted molar refractivity (Wildman–Crippen MR) is 92.1 cm³/mol. The van der Waals surface area contributed by atoms with Gasteiger partial charge in [-0.3, -0.25) is 4.98 Å². The number of anilines is 4. The minimum atomic E-state index is 0.572. The van der Waals surface area contributed by atoms with Gasteiger partial charge in [0.15, 0.2) is 0 Å². The monoisotopic (exact) mass is 296 g/mol. The van der Waals surface area contributed by atoms with Gasteiger partial charge < -0.3 is 16.8 Å². The highest BCUT2D eigenvalue weighted by atomic mass is 32.2. The third kappa shape index (κ3) is 2.73. The van der Waals surface area contributed by atoms with Crippen molar-refractivity contribution in [3.8, 4) is 0 Å². The minimum absolute atomic E-state index is 0.572. The fourth-order valence-electron chi connectivity index (χ4n) is 2.17. The summed E-state index contributed by atoms with van der Waals surface area (Å²) in [7, 11) is 0. The molecule has 0 aliphatic carbocycles. The lowest BCUT2D eigenvalue weighted by molar-refractivity contribution is 1.38. The van der Waals surface area contributed by atoms with Gasteiger partial charge in [-0.2, -0.15) is 0 Å². The number of thioether (sulfide) groups is 1. The zero-order valence-electron chi connectivity index (χ0n) is 11.6. The number of nitrogens with zero attached hydrogens (tertiary/aromatic N) is 1. The zero-order chi connectivity index (χ0) is 14.8. The highest BCUT2D eigenvalue weighted by molar-refractivity contribution is 7.98. The summed E-state index contributed by atoms with van der Waals surface area (Å²) in [5.41, 5.74) is 15.6. The van der Waals surface area contributed by atoms with Crippen molar-refractivity contribution in [1.29, 1.82) is 0 Å². The van der Waals surface area contributed by atoms with Gasteiger partial charge in [-0.05, 0) is 48.7 Å². The number of benzene rings is 2. The SMILES string of the molecule is CSc1ccc2nccc(Nc3ccc(N)c(N)c3)c2c1. The van der Waals surface area contributed by atoms with Crippen molar-refractivity contribution in [3.05, 3.63) is 48.7 Å². The van der Waals surface area contributed by atoms with Gasteiger partial charge in [0.2, 0.25) is 0 Å². The van der Waals surface area contributed by atoms with Crippen LogP contribution in [-0.4, -0.2) is 11.2 Å². The average molecular weight is 296 g/mol. The van der Waals surface area contributed by atoms with Gasteiger partial charge in [0.1, 0.15) is 0 Å². The quantitative estimate of drug-likeness (QED) is 0.505. The van der Waals surface area contributed by atoms with E-state index in [9.17, 15) is 0 Å². The fourth-order valence-corrected chi connectivity index (χ4v) is 2.61. The topological polar surface area (TPSA) is 77.0 Å². The molecule has 0 saturated heterocycles. The van der Waals surface area contributed by atoms with Crippen LogP contribution in [0.15, 0.2) is 53.6 Å². The van der Waals surface area contributed by atoms with Gasteiger partial charge in [-0.15, -0.1) is 11.8 Å². The number of fused-ring (bicyclic) bond motifs is 1. The number of hydrogen-bond donors (Lipinski definition) is 3. The van der Waals surface area contributed by atoms with E-state index in [0.29, 0.717) is 11.4 Å². The number of nitrogens with two attached hydrogens (primary N) is 2. The van der Waals surface area contributed by atoms with Gasteiger partial charge in [-0.1, -0.05) is 0 Å². The lowest BCUT2D eigenvalue weighted by atomic mass is 10.1. The summed E-state index contributed by atoms with van der Waals surface area (Å²) in [5, 5.41) is 4.46. The Hall–Kier alpha value is -2.40. The number of nitrogens with one attached hydrogen (secondary N) is 1. The van der Waals surface area contributed by atoms with Crippen LogP contribution in [0.2, 0.25) is 0 Å². The van der Waals surface area contributed by atoms with Crippen LogP contribution in [0.3, 0.4) is 0 Å². The molecule has 0 radical (unpaired) electrons. The van der Waals surface area contributed by atoms with Gasteiger partial charge >= 0.3 is 0 Å². The first kappa shape index (κ1) is 13.6. The summed E-state index contributed by atoms with van der Waals surface area (Å²) in [5.74, 6) is 0. The van der Waals surface area contributed by atoms with Crippen LogP contribution in [0.1, 0.15) is 0 Å². The smallest absolute Gasteiger partial charge is 0.0723 e. The van der Waals surface area contributed by atoms with Crippen molar-refractivity contribution in [2.75, 3.05) is 23.0 Å². The normalized spacial score (nSPS) is 10.7. The van der Waals surface area contributed by atoms with Crippen LogP contribution < -0.4 is 16.8 Å². The van der Waals surface area contributed by atoms with E-state index in [1.54, 1.807) is 24.0 Å². The molecule has 1 heterocycles. The molecule has 3 aromatic rings. The molecule has 21 heavy (non-hydrogen) atoms. The Kier molecular flexibility index (Phi) is 3.58. The molecule has 5 heteroatoms. The number of nitrogen functional groups attached to an aromatic ring is 2. The van der Waals surface area contributed by atoms with Gasteiger partial charge in [0.25, 0.3) is 0 Å². The fraction of sp³-hybridized carbons (Fsp3) is 0.0625. The lowest BCUT2D eigenvalue weighted by Gasteiger charge is -2.11. The summed E-state index contributed by atoms with van der Waals surface area (Å²) in [6, 6.07) is 13.7. The maximum absolute atomic E-state index is 5.85. The Morgan fingerprint density at radius 3 is 2.62 bits per heavy atom. The minimum Gasteiger partial charge on any atom is -0.397 e. The molecule has 0 amide bonds. The molecule has 0 spiro atoms. The molecule has 0 bridgehead atoms. The Morgan fingerprint density at radius 1 is 1.00 bits per heavy atom. The Balaban J connectivity index is 2.05. The molecule has 4 nitrogen and oxygen atoms in total. The van der Waals surface area contributed by atoms with Crippen LogP contribution in [0.25, 0.3) is 10.9 Å². The van der Waals surface area contributed by atoms with Gasteiger partial charge in [0.05, 0.1) is 16.9 Å². The first-order chi connectivity index (χ1) is 10.2. The number of aromatic nitrogens is 1. The van der Waals surface area contributed by atoms with E-state index in [-0.39, 0.29) is 0 Å². The second kappa shape index (κ2) is 5.54. The maximum Gasteiger partial charge on any atom is 0.0723 e. The van der Waals surface area contributed by atoms with Crippen LogP contribution in [0.4, 0.5) is 22.7 Å². The highest BCUT2D eigenvalue weighted by Gasteiger charge is 2.05. The standard InChI is InChI=1S/C16H16N4S/c1-21-11-3-5-15-12(9-11)16(6-7-19-15)20-10-2-4-13(17)14(18)8-10/h2-9H,17-18H2,1H3,(H,19,20). The Labute approximate surface area is 127 Å². The number of hydrogen-bond acceptors (Lipinski definition) is 5. The van der Waals surface area contributed by atoms with Crippen molar-refractivity contribution < 1.29 is 0 Å². The molecular formula is C16H16N4S. The van der Waals surface area contributed by atoms with E-state index in [4.69, 9.17) is 11.5 Å². The van der Waals surface area contributed by atoms with Crippen molar-refractivity contribution >= 4 is 45.4 Å². The first-order valence-corrected chi connectivity index (χ1v) is 7.74. The van der Waals surface area contributed by atoms with Crippen LogP contribution >= 0.6 is 11.8 Å². The molecule has 1 aromatic heterocycles. The highest BCUT2D eigenvalue weighted by Crippen LogP contribution is 2.29. The second-order valence-corrected chi connectivity index (χ2v) is 5.59. The molecule has 0 fully saturated rings. The molecule has 0 unspecified atom stereocenters. The molecule has 0 aliphatic heterocycles. The van der Waals surface area contributed by atoms with Crippen LogP contribution in [-0.2, 0) is 0 Å². The largest absolute Gasteiger partial charge is 0.397 e. The molecule has 0 saturated carbocycles. The number of pyridine rings is 1. The second-order valence-electron chi connectivity index (χ2n) is 4.71. The summed E-state index contributed by atoms with van der Waals surface area (Å²) in [6.45, 7) is 0. The first-order valence-electron chi connectivity index (χ1n) is 6.52. The Morgan fingerprint density at radius 2 is 1.86 bits per heavy atom. The van der Waals surface area contributed by atoms with E-state index in [2.05, 4.69) is 28.7 Å². The summed E-state index contributed by atoms with van der Waals surface area (Å²) < 4.78 is 0. The van der Waals surface area contributed by atoms with Gasteiger partial charge in [-0.25, -0.2) is 0 Å². The van der Waals surface area contributed by atoms with Crippen molar-refractivity contribution in [1.82, 2.24) is 4.98 Å². The van der Waals surface area contributed by atoms with E-state index >= 15 is 0 Å². The molecule has 0 atom stereocenters. The van der Waals surface area contributed by atoms with E-state index in [1.165, 1.54) is 4.90 Å². The number of rotatable bonds is 3. The van der Waals surface area contributed by atoms with Crippen molar-refractivity contribution in [2.45, 2.75) is 4.90 Å². The van der Waals surface area contributed by atoms with Crippen LogP contribution in [0.5, 0.6) is 0 Å². The van der Waals surface area contributed by atoms with Crippen molar-refractivity contribution in [3.63, 3.8) is 0 Å². The van der Waals surface area contributed by atoms with Crippen LogP contribution in [0, 0.1) is 0 Å². The van der Waals surface area contributed by atoms with Gasteiger partial charge in [0, 0.05) is 27.9 Å². The summed E-state index contributed by atoms with van der Waals surface area (Å²) >= 11 is 1.71. The maximum atomic E-state index is 5.85. The van der Waals surface area contributed by atoms with E-state index in [0.717, 1.165) is 22.3 Å². The zero-order valence-corrected chi connectivity index (χ0v) is 12.4. The molecular weight excluding hydrogens is 280 g/mol. The molecule has 3 rings (SSSR count). The molecule has 106 valence electrons. The predicted octanol–water partition coefficient (Wildman–Crippen LogP) is 3.86. The third-order valence-electron chi connectivity index (χ3n) is 3.31. The average Bonchev–Trinajstić information content (AvgIpc) is 2.51.